The van der Waals surface area contributed by atoms with Crippen LogP contribution in [-0.2, 0) is 9.59 Å². The van der Waals surface area contributed by atoms with Gasteiger partial charge in [-0.05, 0) is 43.7 Å². The molecule has 1 aromatic carbocycles. The number of carbonyl (C=O) groups excluding carboxylic acids is 1. The van der Waals surface area contributed by atoms with Crippen LogP contribution in [0.4, 0.5) is 0 Å². The summed E-state index contributed by atoms with van der Waals surface area (Å²) in [5, 5.41) is 9.39. The van der Waals surface area contributed by atoms with E-state index in [0.717, 1.165) is 12.0 Å². The second-order valence-electron chi connectivity index (χ2n) is 6.36. The molecule has 2 rings (SSSR count). The van der Waals surface area contributed by atoms with E-state index in [1.165, 1.54) is 4.90 Å². The van der Waals surface area contributed by atoms with Crippen LogP contribution in [0.5, 0.6) is 5.75 Å². The number of hydrogen-bond acceptors (Lipinski definition) is 3. The van der Waals surface area contributed by atoms with Crippen LogP contribution in [0.15, 0.2) is 24.3 Å². The lowest BCUT2D eigenvalue weighted by Crippen LogP contribution is -2.52. The van der Waals surface area contributed by atoms with Gasteiger partial charge in [0.2, 0.25) is 0 Å². The number of benzene rings is 1. The number of carbonyl (C=O) groups is 2. The molecular weight excluding hydrogens is 294 g/mol. The smallest absolute Gasteiger partial charge is 0.329 e. The van der Waals surface area contributed by atoms with E-state index in [0.29, 0.717) is 31.1 Å². The Balaban J connectivity index is 2.07. The van der Waals surface area contributed by atoms with Crippen LogP contribution >= 0.6 is 0 Å². The van der Waals surface area contributed by atoms with Crippen molar-refractivity contribution >= 4 is 11.9 Å². The predicted octanol–water partition coefficient (Wildman–Crippen LogP) is 3.04. The number of rotatable bonds is 6. The minimum atomic E-state index is -1.11. The number of hydrogen-bond donors (Lipinski definition) is 1. The molecule has 1 N–H and O–H groups in total. The third-order valence-corrected chi connectivity index (χ3v) is 4.82. The van der Waals surface area contributed by atoms with Gasteiger partial charge in [0.15, 0.2) is 6.61 Å². The highest BCUT2D eigenvalue weighted by molar-refractivity contribution is 5.88. The van der Waals surface area contributed by atoms with Crippen LogP contribution in [-0.4, -0.2) is 40.6 Å². The zero-order valence-corrected chi connectivity index (χ0v) is 14.0. The first-order valence-electron chi connectivity index (χ1n) is 8.15. The summed E-state index contributed by atoms with van der Waals surface area (Å²) in [4.78, 5) is 25.3. The molecule has 23 heavy (non-hydrogen) atoms. The van der Waals surface area contributed by atoms with Gasteiger partial charge < -0.3 is 14.7 Å². The Hall–Kier alpha value is -2.04. The molecule has 1 amide bonds. The zero-order valence-electron chi connectivity index (χ0n) is 14.0. The van der Waals surface area contributed by atoms with Gasteiger partial charge in [-0.15, -0.1) is 0 Å². The quantitative estimate of drug-likeness (QED) is 0.875. The largest absolute Gasteiger partial charge is 0.483 e. The van der Waals surface area contributed by atoms with Gasteiger partial charge in [-0.1, -0.05) is 32.0 Å². The summed E-state index contributed by atoms with van der Waals surface area (Å²) < 4.78 is 5.72. The van der Waals surface area contributed by atoms with Crippen molar-refractivity contribution in [2.75, 3.05) is 13.2 Å². The van der Waals surface area contributed by atoms with Gasteiger partial charge in [-0.25, -0.2) is 4.79 Å². The average Bonchev–Trinajstić information content (AvgIpc) is 2.95. The summed E-state index contributed by atoms with van der Waals surface area (Å²) >= 11 is 0. The summed E-state index contributed by atoms with van der Waals surface area (Å²) in [5.74, 6) is -0.182. The lowest BCUT2D eigenvalue weighted by molar-refractivity contribution is -0.156. The Kier molecular flexibility index (Phi) is 5.29. The number of aliphatic carboxylic acids is 1. The van der Waals surface area contributed by atoms with E-state index in [4.69, 9.17) is 4.74 Å². The Bertz CT molecular complexity index is 586. The first-order valence-corrected chi connectivity index (χ1v) is 8.15. The maximum atomic E-state index is 12.4. The maximum absolute atomic E-state index is 12.4. The van der Waals surface area contributed by atoms with Gasteiger partial charge in [0.1, 0.15) is 11.3 Å². The predicted molar refractivity (Wildman–Crippen MR) is 87.6 cm³/mol. The van der Waals surface area contributed by atoms with E-state index in [-0.39, 0.29) is 12.5 Å². The van der Waals surface area contributed by atoms with Crippen molar-refractivity contribution in [3.05, 3.63) is 29.8 Å². The number of likely N-dealkylation sites (tertiary alicyclic amines) is 1. The molecule has 1 aliphatic heterocycles. The van der Waals surface area contributed by atoms with Crippen LogP contribution in [0.2, 0.25) is 0 Å². The van der Waals surface area contributed by atoms with E-state index < -0.39 is 11.5 Å². The number of para-hydroxylation sites is 1. The fraction of sp³-hybridized carbons (Fsp3) is 0.556. The van der Waals surface area contributed by atoms with Crippen molar-refractivity contribution in [1.29, 1.82) is 0 Å². The minimum Gasteiger partial charge on any atom is -0.483 e. The van der Waals surface area contributed by atoms with Gasteiger partial charge in [-0.2, -0.15) is 0 Å². The Morgan fingerprint density at radius 1 is 1.39 bits per heavy atom. The van der Waals surface area contributed by atoms with E-state index in [2.05, 4.69) is 13.8 Å². The van der Waals surface area contributed by atoms with Crippen molar-refractivity contribution in [1.82, 2.24) is 4.90 Å². The van der Waals surface area contributed by atoms with Crippen molar-refractivity contribution < 1.29 is 19.4 Å². The molecule has 1 saturated heterocycles. The fourth-order valence-corrected chi connectivity index (χ4v) is 3.04. The van der Waals surface area contributed by atoms with Crippen LogP contribution in [0.1, 0.15) is 51.5 Å². The highest BCUT2D eigenvalue weighted by atomic mass is 16.5. The second kappa shape index (κ2) is 7.02. The van der Waals surface area contributed by atoms with E-state index in [1.54, 1.807) is 6.92 Å². The molecule has 0 spiro atoms. The number of carboxylic acid groups (broad SMARTS) is 1. The molecule has 0 aromatic heterocycles. The Labute approximate surface area is 137 Å². The number of carboxylic acids is 1. The molecule has 1 fully saturated rings. The number of nitrogens with zero attached hydrogens (tertiary/aromatic N) is 1. The number of amides is 1. The molecule has 1 heterocycles. The molecule has 1 aromatic rings. The number of ether oxygens (including phenoxy) is 1. The molecule has 0 radical (unpaired) electrons. The van der Waals surface area contributed by atoms with Crippen molar-refractivity contribution in [2.24, 2.45) is 0 Å². The fourth-order valence-electron chi connectivity index (χ4n) is 3.04. The SMILES string of the molecule is CCC(C)c1ccccc1OCC(=O)N1CCCC1(C)C(=O)O. The second-order valence-corrected chi connectivity index (χ2v) is 6.36. The third-order valence-electron chi connectivity index (χ3n) is 4.82. The zero-order chi connectivity index (χ0) is 17.0. The van der Waals surface area contributed by atoms with Crippen molar-refractivity contribution in [3.63, 3.8) is 0 Å². The van der Waals surface area contributed by atoms with Crippen molar-refractivity contribution in [3.8, 4) is 5.75 Å². The molecular formula is C18H25NO4. The highest BCUT2D eigenvalue weighted by Gasteiger charge is 2.45. The van der Waals surface area contributed by atoms with Crippen LogP contribution in [0.25, 0.3) is 0 Å². The van der Waals surface area contributed by atoms with Gasteiger partial charge in [0.25, 0.3) is 5.91 Å². The Morgan fingerprint density at radius 3 is 2.74 bits per heavy atom. The molecule has 0 saturated carbocycles. The molecule has 2 unspecified atom stereocenters. The monoisotopic (exact) mass is 319 g/mol. The first-order chi connectivity index (χ1) is 10.9. The lowest BCUT2D eigenvalue weighted by Gasteiger charge is -2.31. The normalized spacial score (nSPS) is 22.0. The summed E-state index contributed by atoms with van der Waals surface area (Å²) in [6.07, 6.45) is 2.17. The van der Waals surface area contributed by atoms with E-state index >= 15 is 0 Å². The maximum Gasteiger partial charge on any atom is 0.329 e. The molecule has 5 heteroatoms. The molecule has 5 nitrogen and oxygen atoms in total. The molecule has 0 aliphatic carbocycles. The third kappa shape index (κ3) is 3.49. The summed E-state index contributed by atoms with van der Waals surface area (Å²) in [7, 11) is 0. The van der Waals surface area contributed by atoms with E-state index in [9.17, 15) is 14.7 Å². The highest BCUT2D eigenvalue weighted by Crippen LogP contribution is 2.31. The van der Waals surface area contributed by atoms with Gasteiger partial charge in [-0.3, -0.25) is 4.79 Å². The van der Waals surface area contributed by atoms with Crippen LogP contribution in [0.3, 0.4) is 0 Å². The van der Waals surface area contributed by atoms with E-state index in [1.807, 2.05) is 24.3 Å². The molecule has 126 valence electrons. The molecule has 1 aliphatic rings. The van der Waals surface area contributed by atoms with Gasteiger partial charge in [0, 0.05) is 6.54 Å². The molecule has 2 atom stereocenters. The van der Waals surface area contributed by atoms with Crippen LogP contribution in [0, 0.1) is 0 Å². The standard InChI is InChI=1S/C18H25NO4/c1-4-13(2)14-8-5-6-9-15(14)23-12-16(20)19-11-7-10-18(19,3)17(21)22/h5-6,8-9,13H,4,7,10-12H2,1-3H3,(H,21,22). The Morgan fingerprint density at radius 2 is 2.09 bits per heavy atom. The summed E-state index contributed by atoms with van der Waals surface area (Å²) in [6.45, 7) is 6.17. The summed E-state index contributed by atoms with van der Waals surface area (Å²) in [5.41, 5.74) is -0.0401. The van der Waals surface area contributed by atoms with Crippen LogP contribution < -0.4 is 4.74 Å². The minimum absolute atomic E-state index is 0.129. The van der Waals surface area contributed by atoms with Gasteiger partial charge in [0.05, 0.1) is 0 Å². The lowest BCUT2D eigenvalue weighted by atomic mass is 9.98. The summed E-state index contributed by atoms with van der Waals surface area (Å²) in [6, 6.07) is 7.70. The topological polar surface area (TPSA) is 66.8 Å². The average molecular weight is 319 g/mol. The molecule has 0 bridgehead atoms. The van der Waals surface area contributed by atoms with Crippen molar-refractivity contribution in [2.45, 2.75) is 51.5 Å². The first kappa shape index (κ1) is 17.3. The van der Waals surface area contributed by atoms with Gasteiger partial charge >= 0.3 is 5.97 Å².